The first kappa shape index (κ1) is 15.8. The Morgan fingerprint density at radius 2 is 2.00 bits per heavy atom. The number of nitrogens with one attached hydrogen (secondary N) is 2. The lowest BCUT2D eigenvalue weighted by Crippen LogP contribution is -2.45. The van der Waals surface area contributed by atoms with E-state index in [2.05, 4.69) is 10.6 Å². The second kappa shape index (κ2) is 6.45. The molecule has 1 aliphatic heterocycles. The molecule has 5 nitrogen and oxygen atoms in total. The summed E-state index contributed by atoms with van der Waals surface area (Å²) in [6, 6.07) is 5.77. The van der Waals surface area contributed by atoms with Crippen LogP contribution < -0.4 is 10.6 Å². The number of aryl methyl sites for hydroxylation is 1. The first-order valence-electron chi connectivity index (χ1n) is 7.34. The smallest absolute Gasteiger partial charge is 0.251 e. The monoisotopic (exact) mass is 292 g/mol. The minimum Gasteiger partial charge on any atom is -0.377 e. The first-order valence-corrected chi connectivity index (χ1v) is 7.34. The van der Waals surface area contributed by atoms with Crippen LogP contribution in [0.25, 0.3) is 0 Å². The maximum atomic E-state index is 11.8. The molecule has 0 spiro atoms. The number of hydrogen-bond donors (Lipinski definition) is 2. The van der Waals surface area contributed by atoms with E-state index in [1.54, 1.807) is 0 Å². The highest BCUT2D eigenvalue weighted by Crippen LogP contribution is 2.22. The Hall–Kier alpha value is -1.59. The highest BCUT2D eigenvalue weighted by Gasteiger charge is 2.28. The van der Waals surface area contributed by atoms with Crippen LogP contribution in [0.2, 0.25) is 0 Å². The SMILES string of the molecule is CCNC(=O)c1ccc(NC2COC(C)(C)OC2)c(C)c1. The van der Waals surface area contributed by atoms with Crippen LogP contribution in [-0.4, -0.2) is 37.5 Å². The third-order valence-electron chi connectivity index (χ3n) is 3.45. The van der Waals surface area contributed by atoms with E-state index in [1.807, 2.05) is 45.9 Å². The topological polar surface area (TPSA) is 59.6 Å². The summed E-state index contributed by atoms with van der Waals surface area (Å²) < 4.78 is 11.3. The van der Waals surface area contributed by atoms with Gasteiger partial charge in [0, 0.05) is 17.8 Å². The van der Waals surface area contributed by atoms with Gasteiger partial charge in [-0.1, -0.05) is 0 Å². The van der Waals surface area contributed by atoms with Crippen molar-refractivity contribution in [3.05, 3.63) is 29.3 Å². The Morgan fingerprint density at radius 3 is 2.57 bits per heavy atom. The van der Waals surface area contributed by atoms with Gasteiger partial charge in [-0.3, -0.25) is 4.79 Å². The molecule has 1 amide bonds. The summed E-state index contributed by atoms with van der Waals surface area (Å²) in [5, 5.41) is 6.20. The summed E-state index contributed by atoms with van der Waals surface area (Å²) >= 11 is 0. The van der Waals surface area contributed by atoms with Gasteiger partial charge in [-0.15, -0.1) is 0 Å². The van der Waals surface area contributed by atoms with Crippen LogP contribution in [0.5, 0.6) is 0 Å². The zero-order chi connectivity index (χ0) is 15.5. The second-order valence-corrected chi connectivity index (χ2v) is 5.75. The third kappa shape index (κ3) is 4.19. The second-order valence-electron chi connectivity index (χ2n) is 5.75. The molecule has 21 heavy (non-hydrogen) atoms. The standard InChI is InChI=1S/C16H24N2O3/c1-5-17-15(19)12-6-7-14(11(2)8-12)18-13-9-20-16(3,4)21-10-13/h6-8,13,18H,5,9-10H2,1-4H3,(H,17,19). The Morgan fingerprint density at radius 1 is 1.33 bits per heavy atom. The van der Waals surface area contributed by atoms with Crippen molar-refractivity contribution in [1.82, 2.24) is 5.32 Å². The van der Waals surface area contributed by atoms with Gasteiger partial charge in [0.1, 0.15) is 0 Å². The summed E-state index contributed by atoms with van der Waals surface area (Å²) in [6.45, 7) is 9.55. The molecule has 0 radical (unpaired) electrons. The number of carbonyl (C=O) groups is 1. The lowest BCUT2D eigenvalue weighted by Gasteiger charge is -2.35. The number of rotatable bonds is 4. The molecule has 0 aromatic heterocycles. The van der Waals surface area contributed by atoms with Crippen molar-refractivity contribution < 1.29 is 14.3 Å². The number of hydrogen-bond acceptors (Lipinski definition) is 4. The van der Waals surface area contributed by atoms with Crippen molar-refractivity contribution in [2.75, 3.05) is 25.1 Å². The summed E-state index contributed by atoms with van der Waals surface area (Å²) in [7, 11) is 0. The molecule has 2 N–H and O–H groups in total. The van der Waals surface area contributed by atoms with Crippen LogP contribution >= 0.6 is 0 Å². The predicted octanol–water partition coefficient (Wildman–Crippen LogP) is 2.31. The summed E-state index contributed by atoms with van der Waals surface area (Å²) in [5.41, 5.74) is 2.71. The molecule has 116 valence electrons. The van der Waals surface area contributed by atoms with E-state index in [0.717, 1.165) is 11.3 Å². The summed E-state index contributed by atoms with van der Waals surface area (Å²) in [6.07, 6.45) is 0. The van der Waals surface area contributed by atoms with Crippen LogP contribution in [0.4, 0.5) is 5.69 Å². The maximum absolute atomic E-state index is 11.8. The molecule has 2 rings (SSSR count). The molecule has 0 aliphatic carbocycles. The maximum Gasteiger partial charge on any atom is 0.251 e. The Kier molecular flexibility index (Phi) is 4.85. The summed E-state index contributed by atoms with van der Waals surface area (Å²) in [5.74, 6) is -0.548. The molecule has 5 heteroatoms. The van der Waals surface area contributed by atoms with Gasteiger partial charge in [0.05, 0.1) is 19.3 Å². The van der Waals surface area contributed by atoms with Gasteiger partial charge in [-0.05, 0) is 51.5 Å². The number of anilines is 1. The molecular formula is C16H24N2O3. The van der Waals surface area contributed by atoms with Gasteiger partial charge >= 0.3 is 0 Å². The van der Waals surface area contributed by atoms with E-state index in [9.17, 15) is 4.79 Å². The van der Waals surface area contributed by atoms with Crippen molar-refractivity contribution >= 4 is 11.6 Å². The fraction of sp³-hybridized carbons (Fsp3) is 0.562. The molecule has 0 unspecified atom stereocenters. The lowest BCUT2D eigenvalue weighted by molar-refractivity contribution is -0.247. The molecule has 0 bridgehead atoms. The van der Waals surface area contributed by atoms with Gasteiger partial charge in [0.2, 0.25) is 0 Å². The highest BCUT2D eigenvalue weighted by molar-refractivity contribution is 5.94. The van der Waals surface area contributed by atoms with E-state index in [4.69, 9.17) is 9.47 Å². The van der Waals surface area contributed by atoms with E-state index in [-0.39, 0.29) is 11.9 Å². The molecule has 1 heterocycles. The first-order chi connectivity index (χ1) is 9.91. The average molecular weight is 292 g/mol. The van der Waals surface area contributed by atoms with Gasteiger partial charge in [0.15, 0.2) is 5.79 Å². The van der Waals surface area contributed by atoms with Crippen LogP contribution in [0.1, 0.15) is 36.7 Å². The molecule has 1 saturated heterocycles. The van der Waals surface area contributed by atoms with Crippen molar-refractivity contribution in [3.8, 4) is 0 Å². The Balaban J connectivity index is 2.00. The molecule has 1 aromatic rings. The van der Waals surface area contributed by atoms with E-state index in [0.29, 0.717) is 25.3 Å². The average Bonchev–Trinajstić information content (AvgIpc) is 2.43. The van der Waals surface area contributed by atoms with Gasteiger partial charge in [-0.2, -0.15) is 0 Å². The Bertz CT molecular complexity index is 504. The van der Waals surface area contributed by atoms with Crippen LogP contribution in [0, 0.1) is 6.92 Å². The molecule has 1 aliphatic rings. The molecule has 1 fully saturated rings. The highest BCUT2D eigenvalue weighted by atomic mass is 16.7. The van der Waals surface area contributed by atoms with Crippen molar-refractivity contribution in [1.29, 1.82) is 0 Å². The number of carbonyl (C=O) groups excluding carboxylic acids is 1. The number of benzene rings is 1. The quantitative estimate of drug-likeness (QED) is 0.894. The van der Waals surface area contributed by atoms with Crippen molar-refractivity contribution in [2.45, 2.75) is 39.5 Å². The minimum atomic E-state index is -0.505. The van der Waals surface area contributed by atoms with Crippen LogP contribution in [0.3, 0.4) is 0 Å². The number of amides is 1. The predicted molar refractivity (Wildman–Crippen MR) is 82.6 cm³/mol. The van der Waals surface area contributed by atoms with E-state index < -0.39 is 5.79 Å². The van der Waals surface area contributed by atoms with Gasteiger partial charge < -0.3 is 20.1 Å². The summed E-state index contributed by atoms with van der Waals surface area (Å²) in [4.78, 5) is 11.8. The normalized spacial score (nSPS) is 18.3. The fourth-order valence-corrected chi connectivity index (χ4v) is 2.23. The van der Waals surface area contributed by atoms with Crippen molar-refractivity contribution in [2.24, 2.45) is 0 Å². The Labute approximate surface area is 126 Å². The van der Waals surface area contributed by atoms with Crippen LogP contribution in [0.15, 0.2) is 18.2 Å². The van der Waals surface area contributed by atoms with Crippen LogP contribution in [-0.2, 0) is 9.47 Å². The molecule has 0 atom stereocenters. The molecule has 0 saturated carbocycles. The largest absolute Gasteiger partial charge is 0.377 e. The van der Waals surface area contributed by atoms with E-state index >= 15 is 0 Å². The zero-order valence-electron chi connectivity index (χ0n) is 13.2. The van der Waals surface area contributed by atoms with E-state index in [1.165, 1.54) is 0 Å². The third-order valence-corrected chi connectivity index (χ3v) is 3.45. The molecule has 1 aromatic carbocycles. The zero-order valence-corrected chi connectivity index (χ0v) is 13.2. The van der Waals surface area contributed by atoms with Gasteiger partial charge in [0.25, 0.3) is 5.91 Å². The number of ether oxygens (including phenoxy) is 2. The molecular weight excluding hydrogens is 268 g/mol. The lowest BCUT2D eigenvalue weighted by atomic mass is 10.1. The van der Waals surface area contributed by atoms with Gasteiger partial charge in [-0.25, -0.2) is 0 Å². The van der Waals surface area contributed by atoms with Crippen molar-refractivity contribution in [3.63, 3.8) is 0 Å². The fourth-order valence-electron chi connectivity index (χ4n) is 2.23. The minimum absolute atomic E-state index is 0.0433.